The highest BCUT2D eigenvalue weighted by molar-refractivity contribution is 7.18. The van der Waals surface area contributed by atoms with Crippen LogP contribution in [0.25, 0.3) is 10.2 Å². The third kappa shape index (κ3) is 1.93. The lowest BCUT2D eigenvalue weighted by molar-refractivity contribution is 0.697. The summed E-state index contributed by atoms with van der Waals surface area (Å²) in [6.07, 6.45) is 6.28. The average molecular weight is 302 g/mol. The van der Waals surface area contributed by atoms with Crippen LogP contribution in [0.2, 0.25) is 0 Å². The van der Waals surface area contributed by atoms with Gasteiger partial charge in [0.2, 0.25) is 0 Å². The Morgan fingerprint density at radius 2 is 2.20 bits per heavy atom. The molecule has 3 nitrogen and oxygen atoms in total. The molecule has 5 heteroatoms. The molecular formula is C15H14N2OS2. The van der Waals surface area contributed by atoms with E-state index < -0.39 is 0 Å². The third-order valence-electron chi connectivity index (χ3n) is 3.85. The quantitative estimate of drug-likeness (QED) is 0.727. The van der Waals surface area contributed by atoms with Crippen LogP contribution >= 0.6 is 22.7 Å². The van der Waals surface area contributed by atoms with Gasteiger partial charge in [-0.1, -0.05) is 6.07 Å². The van der Waals surface area contributed by atoms with Crippen LogP contribution in [0, 0.1) is 0 Å². The lowest BCUT2D eigenvalue weighted by Gasteiger charge is -2.10. The average Bonchev–Trinajstić information content (AvgIpc) is 3.09. The van der Waals surface area contributed by atoms with Crippen molar-refractivity contribution in [2.75, 3.05) is 0 Å². The summed E-state index contributed by atoms with van der Waals surface area (Å²) in [5.74, 6) is 0. The molecule has 1 aliphatic rings. The monoisotopic (exact) mass is 302 g/mol. The van der Waals surface area contributed by atoms with Gasteiger partial charge < -0.3 is 0 Å². The second kappa shape index (κ2) is 4.82. The molecule has 0 aromatic carbocycles. The zero-order chi connectivity index (χ0) is 13.5. The minimum absolute atomic E-state index is 0.128. The predicted octanol–water partition coefficient (Wildman–Crippen LogP) is 3.45. The van der Waals surface area contributed by atoms with Crippen molar-refractivity contribution in [1.82, 2.24) is 9.55 Å². The van der Waals surface area contributed by atoms with Gasteiger partial charge in [-0.2, -0.15) is 0 Å². The molecule has 0 spiro atoms. The molecule has 3 heterocycles. The highest BCUT2D eigenvalue weighted by atomic mass is 32.1. The van der Waals surface area contributed by atoms with E-state index in [-0.39, 0.29) is 5.56 Å². The van der Waals surface area contributed by atoms with Crippen LogP contribution in [-0.2, 0) is 19.4 Å². The molecule has 3 aromatic heterocycles. The van der Waals surface area contributed by atoms with Crippen LogP contribution in [-0.4, -0.2) is 9.55 Å². The third-order valence-corrected chi connectivity index (χ3v) is 5.91. The van der Waals surface area contributed by atoms with Crippen molar-refractivity contribution in [3.8, 4) is 0 Å². The number of nitrogens with zero attached hydrogens (tertiary/aromatic N) is 2. The molecule has 0 unspecified atom stereocenters. The molecule has 20 heavy (non-hydrogen) atoms. The lowest BCUT2D eigenvalue weighted by Crippen LogP contribution is -2.21. The van der Waals surface area contributed by atoms with Gasteiger partial charge in [-0.25, -0.2) is 4.98 Å². The first-order valence-electron chi connectivity index (χ1n) is 6.85. The summed E-state index contributed by atoms with van der Waals surface area (Å²) in [7, 11) is 0. The van der Waals surface area contributed by atoms with Gasteiger partial charge in [0, 0.05) is 9.75 Å². The fraction of sp³-hybridized carbons (Fsp3) is 0.333. The molecule has 3 aromatic rings. The molecular weight excluding hydrogens is 288 g/mol. The van der Waals surface area contributed by atoms with Crippen LogP contribution in [0.15, 0.2) is 28.6 Å². The predicted molar refractivity (Wildman–Crippen MR) is 83.9 cm³/mol. The van der Waals surface area contributed by atoms with Crippen LogP contribution in [0.5, 0.6) is 0 Å². The second-order valence-electron chi connectivity index (χ2n) is 5.15. The molecule has 0 aliphatic heterocycles. The molecule has 0 saturated carbocycles. The number of rotatable bonds is 2. The Bertz CT molecular complexity index is 814. The van der Waals surface area contributed by atoms with Crippen molar-refractivity contribution < 1.29 is 0 Å². The molecule has 0 amide bonds. The number of aromatic nitrogens is 2. The normalized spacial score (nSPS) is 14.6. The van der Waals surface area contributed by atoms with E-state index in [0.717, 1.165) is 23.1 Å². The summed E-state index contributed by atoms with van der Waals surface area (Å²) >= 11 is 3.39. The van der Waals surface area contributed by atoms with E-state index >= 15 is 0 Å². The fourth-order valence-electron chi connectivity index (χ4n) is 2.86. The summed E-state index contributed by atoms with van der Waals surface area (Å²) in [5, 5.41) is 2.92. The van der Waals surface area contributed by atoms with E-state index in [0.29, 0.717) is 6.54 Å². The van der Waals surface area contributed by atoms with Gasteiger partial charge in [0.1, 0.15) is 4.83 Å². The number of hydrogen-bond donors (Lipinski definition) is 0. The standard InChI is InChI=1S/C15H14N2OS2/c18-15-13-11-5-1-2-6-12(11)20-14(13)16-9-17(15)8-10-4-3-7-19-10/h3-4,7,9H,1-2,5-6,8H2. The van der Waals surface area contributed by atoms with Gasteiger partial charge in [0.05, 0.1) is 18.3 Å². The molecule has 0 radical (unpaired) electrons. The Kier molecular flexibility index (Phi) is 2.97. The van der Waals surface area contributed by atoms with Gasteiger partial charge in [-0.05, 0) is 42.7 Å². The number of hydrogen-bond acceptors (Lipinski definition) is 4. The van der Waals surface area contributed by atoms with Crippen LogP contribution < -0.4 is 5.56 Å². The summed E-state index contributed by atoms with van der Waals surface area (Å²) < 4.78 is 1.75. The largest absolute Gasteiger partial charge is 0.293 e. The van der Waals surface area contributed by atoms with E-state index in [1.165, 1.54) is 28.2 Å². The van der Waals surface area contributed by atoms with Gasteiger partial charge in [-0.3, -0.25) is 9.36 Å². The van der Waals surface area contributed by atoms with Gasteiger partial charge in [0.25, 0.3) is 5.56 Å². The molecule has 0 N–H and O–H groups in total. The zero-order valence-electron chi connectivity index (χ0n) is 11.0. The number of thiophene rings is 2. The van der Waals surface area contributed by atoms with E-state index in [9.17, 15) is 4.79 Å². The molecule has 0 fully saturated rings. The Hall–Kier alpha value is -1.46. The second-order valence-corrected chi connectivity index (χ2v) is 7.26. The van der Waals surface area contributed by atoms with E-state index in [1.807, 2.05) is 11.4 Å². The van der Waals surface area contributed by atoms with Gasteiger partial charge in [0.15, 0.2) is 0 Å². The Labute approximate surface area is 124 Å². The van der Waals surface area contributed by atoms with E-state index in [4.69, 9.17) is 0 Å². The lowest BCUT2D eigenvalue weighted by atomic mass is 9.97. The van der Waals surface area contributed by atoms with Crippen LogP contribution in [0.1, 0.15) is 28.2 Å². The maximum Gasteiger partial charge on any atom is 0.262 e. The van der Waals surface area contributed by atoms with Crippen molar-refractivity contribution in [1.29, 1.82) is 0 Å². The fourth-order valence-corrected chi connectivity index (χ4v) is 4.79. The van der Waals surface area contributed by atoms with E-state index in [1.54, 1.807) is 33.6 Å². The van der Waals surface area contributed by atoms with Gasteiger partial charge in [-0.15, -0.1) is 22.7 Å². The van der Waals surface area contributed by atoms with Crippen LogP contribution in [0.4, 0.5) is 0 Å². The molecule has 0 bridgehead atoms. The van der Waals surface area contributed by atoms with Crippen molar-refractivity contribution in [3.63, 3.8) is 0 Å². The first-order chi connectivity index (χ1) is 9.83. The highest BCUT2D eigenvalue weighted by Gasteiger charge is 2.19. The molecule has 0 atom stereocenters. The Balaban J connectivity index is 1.87. The number of fused-ring (bicyclic) bond motifs is 3. The van der Waals surface area contributed by atoms with Crippen molar-refractivity contribution >= 4 is 32.9 Å². The maximum atomic E-state index is 12.7. The summed E-state index contributed by atoms with van der Waals surface area (Å²) in [5.41, 5.74) is 1.40. The molecule has 0 saturated heterocycles. The van der Waals surface area contributed by atoms with Crippen molar-refractivity contribution in [3.05, 3.63) is 49.5 Å². The summed E-state index contributed by atoms with van der Waals surface area (Å²) in [6.45, 7) is 0.629. The molecule has 1 aliphatic carbocycles. The Morgan fingerprint density at radius 3 is 3.05 bits per heavy atom. The minimum Gasteiger partial charge on any atom is -0.293 e. The van der Waals surface area contributed by atoms with E-state index in [2.05, 4.69) is 11.1 Å². The SMILES string of the molecule is O=c1c2c3c(sc2ncn1Cc1cccs1)CCCC3. The van der Waals surface area contributed by atoms with Crippen molar-refractivity contribution in [2.24, 2.45) is 0 Å². The van der Waals surface area contributed by atoms with Crippen LogP contribution in [0.3, 0.4) is 0 Å². The van der Waals surface area contributed by atoms with Crippen molar-refractivity contribution in [2.45, 2.75) is 32.2 Å². The zero-order valence-corrected chi connectivity index (χ0v) is 12.6. The minimum atomic E-state index is 0.128. The molecule has 102 valence electrons. The highest BCUT2D eigenvalue weighted by Crippen LogP contribution is 2.33. The summed E-state index contributed by atoms with van der Waals surface area (Å²) in [4.78, 5) is 20.7. The first-order valence-corrected chi connectivity index (χ1v) is 8.54. The smallest absolute Gasteiger partial charge is 0.262 e. The molecule has 4 rings (SSSR count). The first kappa shape index (κ1) is 12.3. The number of aryl methyl sites for hydroxylation is 2. The van der Waals surface area contributed by atoms with Gasteiger partial charge >= 0.3 is 0 Å². The maximum absolute atomic E-state index is 12.7. The Morgan fingerprint density at radius 1 is 1.30 bits per heavy atom. The topological polar surface area (TPSA) is 34.9 Å². The summed E-state index contributed by atoms with van der Waals surface area (Å²) in [6, 6.07) is 4.08.